The van der Waals surface area contributed by atoms with Gasteiger partial charge in [0.25, 0.3) is 0 Å². The van der Waals surface area contributed by atoms with E-state index in [9.17, 15) is 0 Å². The Hall–Kier alpha value is -1.84. The number of anilines is 1. The Kier molecular flexibility index (Phi) is 3.65. The minimum Gasteiger partial charge on any atom is -0.355 e. The molecule has 4 heteroatoms. The van der Waals surface area contributed by atoms with E-state index in [2.05, 4.69) is 39.8 Å². The van der Waals surface area contributed by atoms with E-state index >= 15 is 0 Å². The number of hydrogen-bond donors (Lipinski definition) is 1. The number of nitrogens with one attached hydrogen (secondary N) is 1. The van der Waals surface area contributed by atoms with Gasteiger partial charge in [-0.15, -0.1) is 0 Å². The Morgan fingerprint density at radius 1 is 1.28 bits per heavy atom. The lowest BCUT2D eigenvalue weighted by Gasteiger charge is -2.11. The molecule has 18 heavy (non-hydrogen) atoms. The minimum absolute atomic E-state index is 0.589. The van der Waals surface area contributed by atoms with Crippen LogP contribution in [0.1, 0.15) is 25.1 Å². The third kappa shape index (κ3) is 2.88. The molecule has 0 bridgehead atoms. The topological polar surface area (TPSA) is 42.7 Å². The SMILES string of the molecule is Cc1cncc(-n2cc(C)nc2NCC(C)C)c1. The van der Waals surface area contributed by atoms with Crippen LogP contribution in [0.25, 0.3) is 5.69 Å². The summed E-state index contributed by atoms with van der Waals surface area (Å²) in [5.41, 5.74) is 3.19. The molecule has 0 aliphatic rings. The quantitative estimate of drug-likeness (QED) is 0.899. The summed E-state index contributed by atoms with van der Waals surface area (Å²) in [4.78, 5) is 8.74. The monoisotopic (exact) mass is 244 g/mol. The summed E-state index contributed by atoms with van der Waals surface area (Å²) >= 11 is 0. The Labute approximate surface area is 108 Å². The van der Waals surface area contributed by atoms with Gasteiger partial charge in [0, 0.05) is 18.9 Å². The smallest absolute Gasteiger partial charge is 0.207 e. The molecule has 0 radical (unpaired) electrons. The Balaban J connectivity index is 2.32. The van der Waals surface area contributed by atoms with Gasteiger partial charge in [-0.3, -0.25) is 9.55 Å². The van der Waals surface area contributed by atoms with Gasteiger partial charge in [-0.05, 0) is 31.4 Å². The molecule has 0 saturated heterocycles. The maximum Gasteiger partial charge on any atom is 0.207 e. The van der Waals surface area contributed by atoms with Crippen molar-refractivity contribution in [1.29, 1.82) is 0 Å². The van der Waals surface area contributed by atoms with Crippen LogP contribution >= 0.6 is 0 Å². The van der Waals surface area contributed by atoms with E-state index < -0.39 is 0 Å². The van der Waals surface area contributed by atoms with Crippen molar-refractivity contribution >= 4 is 5.95 Å². The molecule has 0 unspecified atom stereocenters. The molecule has 0 spiro atoms. The molecule has 1 N–H and O–H groups in total. The van der Waals surface area contributed by atoms with Crippen molar-refractivity contribution in [2.45, 2.75) is 27.7 Å². The fourth-order valence-corrected chi connectivity index (χ4v) is 1.79. The second-order valence-corrected chi connectivity index (χ2v) is 5.07. The first kappa shape index (κ1) is 12.6. The highest BCUT2D eigenvalue weighted by Crippen LogP contribution is 2.17. The molecule has 96 valence electrons. The summed E-state index contributed by atoms with van der Waals surface area (Å²) in [7, 11) is 0. The third-order valence-corrected chi connectivity index (χ3v) is 2.63. The first-order chi connectivity index (χ1) is 8.56. The van der Waals surface area contributed by atoms with Crippen molar-refractivity contribution in [2.75, 3.05) is 11.9 Å². The minimum atomic E-state index is 0.589. The van der Waals surface area contributed by atoms with Crippen LogP contribution in [0.15, 0.2) is 24.7 Å². The molecule has 2 aromatic heterocycles. The lowest BCUT2D eigenvalue weighted by Crippen LogP contribution is -2.12. The molecule has 2 heterocycles. The van der Waals surface area contributed by atoms with E-state index in [1.54, 1.807) is 0 Å². The molecule has 4 nitrogen and oxygen atoms in total. The van der Waals surface area contributed by atoms with Gasteiger partial charge in [0.1, 0.15) is 0 Å². The van der Waals surface area contributed by atoms with Gasteiger partial charge in [0.2, 0.25) is 5.95 Å². The second-order valence-electron chi connectivity index (χ2n) is 5.07. The highest BCUT2D eigenvalue weighted by molar-refractivity contribution is 5.42. The number of hydrogen-bond acceptors (Lipinski definition) is 3. The van der Waals surface area contributed by atoms with Gasteiger partial charge in [0.05, 0.1) is 17.6 Å². The molecule has 0 aromatic carbocycles. The number of aryl methyl sites for hydroxylation is 2. The van der Waals surface area contributed by atoms with Crippen LogP contribution in [-0.4, -0.2) is 21.1 Å². The van der Waals surface area contributed by atoms with Crippen molar-refractivity contribution in [1.82, 2.24) is 14.5 Å². The van der Waals surface area contributed by atoms with Crippen molar-refractivity contribution in [3.8, 4) is 5.69 Å². The zero-order valence-electron chi connectivity index (χ0n) is 11.4. The van der Waals surface area contributed by atoms with E-state index in [4.69, 9.17) is 0 Å². The number of rotatable bonds is 4. The van der Waals surface area contributed by atoms with E-state index in [0.717, 1.165) is 29.4 Å². The Morgan fingerprint density at radius 2 is 2.06 bits per heavy atom. The van der Waals surface area contributed by atoms with Crippen LogP contribution in [-0.2, 0) is 0 Å². The van der Waals surface area contributed by atoms with Gasteiger partial charge in [-0.2, -0.15) is 0 Å². The van der Waals surface area contributed by atoms with Crippen molar-refractivity contribution in [3.05, 3.63) is 35.9 Å². The molecular formula is C14H20N4. The molecule has 0 aliphatic heterocycles. The maximum atomic E-state index is 4.51. The van der Waals surface area contributed by atoms with E-state index in [0.29, 0.717) is 5.92 Å². The fourth-order valence-electron chi connectivity index (χ4n) is 1.79. The van der Waals surface area contributed by atoms with Crippen LogP contribution < -0.4 is 5.32 Å². The molecule has 2 aromatic rings. The van der Waals surface area contributed by atoms with Gasteiger partial charge >= 0.3 is 0 Å². The largest absolute Gasteiger partial charge is 0.355 e. The lowest BCUT2D eigenvalue weighted by atomic mass is 10.2. The summed E-state index contributed by atoms with van der Waals surface area (Å²) in [5, 5.41) is 3.38. The Bertz CT molecular complexity index is 528. The van der Waals surface area contributed by atoms with Crippen molar-refractivity contribution in [3.63, 3.8) is 0 Å². The molecular weight excluding hydrogens is 224 g/mol. The fraction of sp³-hybridized carbons (Fsp3) is 0.429. The number of imidazole rings is 1. The highest BCUT2D eigenvalue weighted by Gasteiger charge is 2.08. The molecule has 0 saturated carbocycles. The van der Waals surface area contributed by atoms with Gasteiger partial charge in [0.15, 0.2) is 0 Å². The standard InChI is InChI=1S/C14H20N4/c1-10(2)6-16-14-17-12(4)9-18(14)13-5-11(3)7-15-8-13/h5,7-10H,6H2,1-4H3,(H,16,17). The van der Waals surface area contributed by atoms with Crippen LogP contribution in [0.3, 0.4) is 0 Å². The van der Waals surface area contributed by atoms with E-state index in [-0.39, 0.29) is 0 Å². The van der Waals surface area contributed by atoms with Crippen molar-refractivity contribution in [2.24, 2.45) is 5.92 Å². The van der Waals surface area contributed by atoms with Crippen LogP contribution in [0.5, 0.6) is 0 Å². The zero-order valence-corrected chi connectivity index (χ0v) is 11.4. The zero-order chi connectivity index (χ0) is 13.1. The van der Waals surface area contributed by atoms with Crippen LogP contribution in [0.2, 0.25) is 0 Å². The normalized spacial score (nSPS) is 10.9. The van der Waals surface area contributed by atoms with Gasteiger partial charge < -0.3 is 5.32 Å². The summed E-state index contributed by atoms with van der Waals surface area (Å²) in [6.45, 7) is 9.32. The van der Waals surface area contributed by atoms with Crippen LogP contribution in [0.4, 0.5) is 5.95 Å². The van der Waals surface area contributed by atoms with E-state index in [1.807, 2.05) is 32.4 Å². The number of pyridine rings is 1. The summed E-state index contributed by atoms with van der Waals surface area (Å²) in [6, 6.07) is 2.11. The molecule has 0 amide bonds. The van der Waals surface area contributed by atoms with Crippen LogP contribution in [0, 0.1) is 19.8 Å². The first-order valence-electron chi connectivity index (χ1n) is 6.28. The molecule has 2 rings (SSSR count). The summed E-state index contributed by atoms with van der Waals surface area (Å²) < 4.78 is 2.05. The number of nitrogens with zero attached hydrogens (tertiary/aromatic N) is 3. The average Bonchev–Trinajstić information content (AvgIpc) is 2.68. The average molecular weight is 244 g/mol. The summed E-state index contributed by atoms with van der Waals surface area (Å²) in [6.07, 6.45) is 5.74. The third-order valence-electron chi connectivity index (χ3n) is 2.63. The van der Waals surface area contributed by atoms with Gasteiger partial charge in [-0.1, -0.05) is 13.8 Å². The lowest BCUT2D eigenvalue weighted by molar-refractivity contribution is 0.683. The maximum absolute atomic E-state index is 4.51. The number of aromatic nitrogens is 3. The predicted octanol–water partition coefficient (Wildman–Crippen LogP) is 2.95. The predicted molar refractivity (Wildman–Crippen MR) is 74.2 cm³/mol. The molecule has 0 aliphatic carbocycles. The first-order valence-corrected chi connectivity index (χ1v) is 6.28. The second kappa shape index (κ2) is 5.21. The van der Waals surface area contributed by atoms with E-state index in [1.165, 1.54) is 0 Å². The highest BCUT2D eigenvalue weighted by atomic mass is 15.2. The van der Waals surface area contributed by atoms with Gasteiger partial charge in [-0.25, -0.2) is 4.98 Å². The molecule has 0 fully saturated rings. The Morgan fingerprint density at radius 3 is 2.72 bits per heavy atom. The molecule has 0 atom stereocenters. The van der Waals surface area contributed by atoms with Crippen molar-refractivity contribution < 1.29 is 0 Å². The summed E-state index contributed by atoms with van der Waals surface area (Å²) in [5.74, 6) is 1.47.